The Hall–Kier alpha value is -1.06. The van der Waals surface area contributed by atoms with Crippen LogP contribution in [-0.2, 0) is 4.74 Å². The van der Waals surface area contributed by atoms with Crippen molar-refractivity contribution in [2.45, 2.75) is 69.6 Å². The minimum atomic E-state index is 0.118. The molecule has 2 fully saturated rings. The van der Waals surface area contributed by atoms with Gasteiger partial charge < -0.3 is 15.2 Å². The van der Waals surface area contributed by atoms with Crippen LogP contribution >= 0.6 is 0 Å². The van der Waals surface area contributed by atoms with Gasteiger partial charge in [-0.2, -0.15) is 0 Å². The second-order valence-corrected chi connectivity index (χ2v) is 6.56. The zero-order valence-corrected chi connectivity index (χ0v) is 13.0. The number of hydrogen-bond acceptors (Lipinski definition) is 3. The molecule has 2 aliphatic rings. The maximum Gasteiger partial charge on any atom is 0.119 e. The summed E-state index contributed by atoms with van der Waals surface area (Å²) < 4.78 is 12.3. The zero-order chi connectivity index (χ0) is 14.7. The van der Waals surface area contributed by atoms with Gasteiger partial charge in [0.05, 0.1) is 12.2 Å². The first kappa shape index (κ1) is 14.9. The second kappa shape index (κ2) is 6.37. The summed E-state index contributed by atoms with van der Waals surface area (Å²) in [5.41, 5.74) is 7.35. The number of hydrogen-bond donors (Lipinski definition) is 1. The first-order chi connectivity index (χ1) is 10.2. The van der Waals surface area contributed by atoms with Crippen molar-refractivity contribution in [1.82, 2.24) is 0 Å². The predicted octanol–water partition coefficient (Wildman–Crippen LogP) is 3.97. The minimum absolute atomic E-state index is 0.118. The van der Waals surface area contributed by atoms with Crippen LogP contribution in [0.1, 0.15) is 63.5 Å². The number of ether oxygens (including phenoxy) is 2. The van der Waals surface area contributed by atoms with Crippen molar-refractivity contribution in [1.29, 1.82) is 0 Å². The van der Waals surface area contributed by atoms with Crippen LogP contribution in [0.2, 0.25) is 0 Å². The summed E-state index contributed by atoms with van der Waals surface area (Å²) in [6.07, 6.45) is 8.31. The van der Waals surface area contributed by atoms with Gasteiger partial charge >= 0.3 is 0 Å². The van der Waals surface area contributed by atoms with Gasteiger partial charge in [0, 0.05) is 18.9 Å². The second-order valence-electron chi connectivity index (χ2n) is 6.56. The predicted molar refractivity (Wildman–Crippen MR) is 84.5 cm³/mol. The SMILES string of the molecule is CC[C@H](N)c1ccc(OC2CCOC3(CCCC3)C2)cc1. The van der Waals surface area contributed by atoms with E-state index < -0.39 is 0 Å². The van der Waals surface area contributed by atoms with E-state index in [1.165, 1.54) is 31.2 Å². The van der Waals surface area contributed by atoms with Crippen molar-refractivity contribution >= 4 is 0 Å². The standard InChI is InChI=1S/C18H27NO2/c1-2-17(19)14-5-7-15(8-6-14)21-16-9-12-20-18(13-16)10-3-4-11-18/h5-8,16-17H,2-4,9-13,19H2,1H3/t16?,17-/m0/s1. The van der Waals surface area contributed by atoms with E-state index in [-0.39, 0.29) is 11.6 Å². The van der Waals surface area contributed by atoms with E-state index in [2.05, 4.69) is 31.2 Å². The van der Waals surface area contributed by atoms with Crippen LogP contribution in [0.3, 0.4) is 0 Å². The lowest BCUT2D eigenvalue weighted by Gasteiger charge is -2.38. The molecular weight excluding hydrogens is 262 g/mol. The molecule has 3 rings (SSSR count). The van der Waals surface area contributed by atoms with Gasteiger partial charge in [-0.05, 0) is 37.0 Å². The molecule has 1 unspecified atom stereocenters. The highest BCUT2D eigenvalue weighted by atomic mass is 16.5. The summed E-state index contributed by atoms with van der Waals surface area (Å²) in [7, 11) is 0. The molecular formula is C18H27NO2. The topological polar surface area (TPSA) is 44.5 Å². The molecule has 1 aromatic rings. The van der Waals surface area contributed by atoms with E-state index in [1.807, 2.05) is 0 Å². The molecule has 1 saturated heterocycles. The normalized spacial score (nSPS) is 25.9. The molecule has 3 nitrogen and oxygen atoms in total. The first-order valence-corrected chi connectivity index (χ1v) is 8.37. The van der Waals surface area contributed by atoms with Crippen molar-refractivity contribution in [2.24, 2.45) is 5.73 Å². The summed E-state index contributed by atoms with van der Waals surface area (Å²) in [6, 6.07) is 8.43. The third-order valence-corrected chi connectivity index (χ3v) is 5.01. The quantitative estimate of drug-likeness (QED) is 0.912. The van der Waals surface area contributed by atoms with E-state index in [0.29, 0.717) is 6.10 Å². The van der Waals surface area contributed by atoms with Crippen molar-refractivity contribution < 1.29 is 9.47 Å². The molecule has 116 valence electrons. The maximum absolute atomic E-state index is 6.19. The molecule has 1 aliphatic carbocycles. The molecule has 0 amide bonds. The van der Waals surface area contributed by atoms with Crippen molar-refractivity contribution in [3.8, 4) is 5.75 Å². The van der Waals surface area contributed by atoms with E-state index in [9.17, 15) is 0 Å². The monoisotopic (exact) mass is 289 g/mol. The van der Waals surface area contributed by atoms with Crippen molar-refractivity contribution in [2.75, 3.05) is 6.61 Å². The van der Waals surface area contributed by atoms with Crippen molar-refractivity contribution in [3.63, 3.8) is 0 Å². The van der Waals surface area contributed by atoms with Crippen LogP contribution in [0.4, 0.5) is 0 Å². The van der Waals surface area contributed by atoms with Gasteiger partial charge in [-0.25, -0.2) is 0 Å². The van der Waals surface area contributed by atoms with Gasteiger partial charge in [-0.3, -0.25) is 0 Å². The molecule has 0 radical (unpaired) electrons. The number of benzene rings is 1. The Morgan fingerprint density at radius 1 is 1.29 bits per heavy atom. The molecule has 1 aromatic carbocycles. The molecule has 2 N–H and O–H groups in total. The Morgan fingerprint density at radius 2 is 2.00 bits per heavy atom. The highest BCUT2D eigenvalue weighted by molar-refractivity contribution is 5.29. The minimum Gasteiger partial charge on any atom is -0.490 e. The summed E-state index contributed by atoms with van der Waals surface area (Å²) in [6.45, 7) is 2.95. The van der Waals surface area contributed by atoms with Crippen LogP contribution < -0.4 is 10.5 Å². The molecule has 1 spiro atoms. The Kier molecular flexibility index (Phi) is 4.51. The van der Waals surface area contributed by atoms with Crippen LogP contribution in [0.25, 0.3) is 0 Å². The molecule has 21 heavy (non-hydrogen) atoms. The largest absolute Gasteiger partial charge is 0.490 e. The molecule has 0 bridgehead atoms. The van der Waals surface area contributed by atoms with Crippen LogP contribution in [0, 0.1) is 0 Å². The lowest BCUT2D eigenvalue weighted by Crippen LogP contribution is -2.41. The van der Waals surface area contributed by atoms with Gasteiger partial charge in [0.15, 0.2) is 0 Å². The van der Waals surface area contributed by atoms with Gasteiger partial charge in [0.25, 0.3) is 0 Å². The Balaban J connectivity index is 1.60. The van der Waals surface area contributed by atoms with Crippen LogP contribution in [0.15, 0.2) is 24.3 Å². The van der Waals surface area contributed by atoms with E-state index in [1.54, 1.807) is 0 Å². The van der Waals surface area contributed by atoms with Crippen LogP contribution in [0.5, 0.6) is 5.75 Å². The van der Waals surface area contributed by atoms with Gasteiger partial charge in [-0.1, -0.05) is 31.9 Å². The van der Waals surface area contributed by atoms with E-state index in [0.717, 1.165) is 31.6 Å². The smallest absolute Gasteiger partial charge is 0.119 e. The highest BCUT2D eigenvalue weighted by Gasteiger charge is 2.40. The first-order valence-electron chi connectivity index (χ1n) is 8.37. The molecule has 1 aliphatic heterocycles. The fourth-order valence-electron chi connectivity index (χ4n) is 3.67. The van der Waals surface area contributed by atoms with E-state index >= 15 is 0 Å². The molecule has 3 heteroatoms. The average Bonchev–Trinajstić information content (AvgIpc) is 2.95. The fraction of sp³-hybridized carbons (Fsp3) is 0.667. The van der Waals surface area contributed by atoms with Gasteiger partial charge in [0.2, 0.25) is 0 Å². The average molecular weight is 289 g/mol. The van der Waals surface area contributed by atoms with Crippen molar-refractivity contribution in [3.05, 3.63) is 29.8 Å². The molecule has 1 heterocycles. The Bertz CT molecular complexity index is 451. The zero-order valence-electron chi connectivity index (χ0n) is 13.0. The maximum atomic E-state index is 6.19. The third-order valence-electron chi connectivity index (χ3n) is 5.01. The number of rotatable bonds is 4. The Labute approximate surface area is 127 Å². The molecule has 2 atom stereocenters. The van der Waals surface area contributed by atoms with E-state index in [4.69, 9.17) is 15.2 Å². The Morgan fingerprint density at radius 3 is 2.67 bits per heavy atom. The third kappa shape index (κ3) is 3.41. The summed E-state index contributed by atoms with van der Waals surface area (Å²) in [4.78, 5) is 0. The number of nitrogens with two attached hydrogens (primary N) is 1. The molecule has 1 saturated carbocycles. The summed E-state index contributed by atoms with van der Waals surface area (Å²) >= 11 is 0. The summed E-state index contributed by atoms with van der Waals surface area (Å²) in [5, 5.41) is 0. The van der Waals surface area contributed by atoms with Gasteiger partial charge in [0.1, 0.15) is 11.9 Å². The summed E-state index contributed by atoms with van der Waals surface area (Å²) in [5.74, 6) is 0.960. The van der Waals surface area contributed by atoms with Crippen LogP contribution in [-0.4, -0.2) is 18.3 Å². The van der Waals surface area contributed by atoms with Gasteiger partial charge in [-0.15, -0.1) is 0 Å². The lowest BCUT2D eigenvalue weighted by atomic mass is 9.90. The molecule has 0 aromatic heterocycles. The lowest BCUT2D eigenvalue weighted by molar-refractivity contribution is -0.108. The highest BCUT2D eigenvalue weighted by Crippen LogP contribution is 2.40. The fourth-order valence-corrected chi connectivity index (χ4v) is 3.67.